The van der Waals surface area contributed by atoms with Gasteiger partial charge >= 0.3 is 0 Å². The molecule has 1 aromatic heterocycles. The fourth-order valence-electron chi connectivity index (χ4n) is 4.08. The SMILES string of the molecule is CCC1(CCCc2ccccc2)CCCN(c2nccnc2C)C1. The minimum absolute atomic E-state index is 0.428. The number of hydrogen-bond acceptors (Lipinski definition) is 3. The number of piperidine rings is 1. The van der Waals surface area contributed by atoms with Crippen LogP contribution in [0, 0.1) is 12.3 Å². The summed E-state index contributed by atoms with van der Waals surface area (Å²) in [5.74, 6) is 1.08. The van der Waals surface area contributed by atoms with E-state index in [9.17, 15) is 0 Å². The largest absolute Gasteiger partial charge is 0.355 e. The minimum atomic E-state index is 0.428. The van der Waals surface area contributed by atoms with Crippen LogP contribution >= 0.6 is 0 Å². The Labute approximate surface area is 146 Å². The average Bonchev–Trinajstić information content (AvgIpc) is 2.63. The number of hydrogen-bond donors (Lipinski definition) is 0. The molecule has 3 nitrogen and oxygen atoms in total. The molecule has 3 rings (SSSR count). The van der Waals surface area contributed by atoms with Crippen molar-refractivity contribution in [3.8, 4) is 0 Å². The highest BCUT2D eigenvalue weighted by atomic mass is 15.2. The molecule has 2 aromatic rings. The van der Waals surface area contributed by atoms with Gasteiger partial charge in [0.25, 0.3) is 0 Å². The van der Waals surface area contributed by atoms with Gasteiger partial charge < -0.3 is 4.90 Å². The van der Waals surface area contributed by atoms with Crippen LogP contribution in [0.1, 0.15) is 50.3 Å². The molecule has 3 heteroatoms. The Balaban J connectivity index is 1.64. The standard InChI is InChI=1S/C21H29N3/c1-3-21(12-7-11-19-9-5-4-6-10-19)13-8-16-24(17-21)20-18(2)22-14-15-23-20/h4-6,9-10,14-15H,3,7-8,11-13,16-17H2,1-2H3. The fourth-order valence-corrected chi connectivity index (χ4v) is 4.08. The first-order chi connectivity index (χ1) is 11.7. The van der Waals surface area contributed by atoms with Crippen molar-refractivity contribution < 1.29 is 0 Å². The van der Waals surface area contributed by atoms with E-state index < -0.39 is 0 Å². The van der Waals surface area contributed by atoms with Crippen LogP contribution in [0.25, 0.3) is 0 Å². The van der Waals surface area contributed by atoms with Gasteiger partial charge in [-0.15, -0.1) is 0 Å². The molecule has 2 heterocycles. The van der Waals surface area contributed by atoms with Gasteiger partial charge in [-0.25, -0.2) is 4.98 Å². The predicted molar refractivity (Wildman–Crippen MR) is 100 cm³/mol. The maximum atomic E-state index is 4.59. The van der Waals surface area contributed by atoms with E-state index in [0.29, 0.717) is 5.41 Å². The Morgan fingerprint density at radius 1 is 1.12 bits per heavy atom. The zero-order valence-electron chi connectivity index (χ0n) is 15.0. The lowest BCUT2D eigenvalue weighted by Gasteiger charge is -2.43. The Morgan fingerprint density at radius 3 is 2.67 bits per heavy atom. The van der Waals surface area contributed by atoms with E-state index in [1.165, 1.54) is 44.1 Å². The van der Waals surface area contributed by atoms with Gasteiger partial charge in [-0.2, -0.15) is 0 Å². The van der Waals surface area contributed by atoms with Crippen molar-refractivity contribution in [2.24, 2.45) is 5.41 Å². The lowest BCUT2D eigenvalue weighted by Crippen LogP contribution is -2.44. The molecule has 0 radical (unpaired) electrons. The predicted octanol–water partition coefficient (Wildman–Crippen LogP) is 4.80. The Kier molecular flexibility index (Phi) is 5.49. The molecule has 0 amide bonds. The van der Waals surface area contributed by atoms with Crippen LogP contribution in [0.5, 0.6) is 0 Å². The average molecular weight is 323 g/mol. The molecule has 128 valence electrons. The first-order valence-corrected chi connectivity index (χ1v) is 9.29. The summed E-state index contributed by atoms with van der Waals surface area (Å²) in [5, 5.41) is 0. The lowest BCUT2D eigenvalue weighted by molar-refractivity contribution is 0.198. The molecule has 24 heavy (non-hydrogen) atoms. The van der Waals surface area contributed by atoms with E-state index in [1.54, 1.807) is 6.20 Å². The molecule has 1 aliphatic heterocycles. The zero-order chi connectivity index (χ0) is 16.8. The van der Waals surface area contributed by atoms with E-state index in [1.807, 2.05) is 6.20 Å². The first kappa shape index (κ1) is 16.9. The van der Waals surface area contributed by atoms with Gasteiger partial charge in [0.1, 0.15) is 5.82 Å². The molecule has 1 atom stereocenters. The Bertz CT molecular complexity index is 641. The number of aromatic nitrogens is 2. The molecule has 0 bridgehead atoms. The summed E-state index contributed by atoms with van der Waals surface area (Å²) in [5.41, 5.74) is 2.94. The quantitative estimate of drug-likeness (QED) is 0.764. The van der Waals surface area contributed by atoms with Gasteiger partial charge in [-0.05, 0) is 56.4 Å². The number of benzene rings is 1. The summed E-state index contributed by atoms with van der Waals surface area (Å²) in [6, 6.07) is 10.9. The highest BCUT2D eigenvalue weighted by Crippen LogP contribution is 2.39. The molecule has 0 spiro atoms. The van der Waals surface area contributed by atoms with Crippen LogP contribution in [0.4, 0.5) is 5.82 Å². The van der Waals surface area contributed by atoms with Gasteiger partial charge in [0, 0.05) is 25.5 Å². The molecule has 1 aliphatic rings. The van der Waals surface area contributed by atoms with Gasteiger partial charge in [-0.3, -0.25) is 4.98 Å². The molecule has 1 unspecified atom stereocenters. The maximum absolute atomic E-state index is 4.59. The summed E-state index contributed by atoms with van der Waals surface area (Å²) in [6.45, 7) is 6.66. The number of rotatable bonds is 6. The Hall–Kier alpha value is -1.90. The first-order valence-electron chi connectivity index (χ1n) is 9.29. The lowest BCUT2D eigenvalue weighted by atomic mass is 9.73. The maximum Gasteiger partial charge on any atom is 0.150 e. The summed E-state index contributed by atoms with van der Waals surface area (Å²) in [6.07, 6.45) is 11.2. The second-order valence-electron chi connectivity index (χ2n) is 7.18. The number of anilines is 1. The van der Waals surface area contributed by atoms with E-state index in [0.717, 1.165) is 24.6 Å². The van der Waals surface area contributed by atoms with Crippen LogP contribution < -0.4 is 4.90 Å². The fraction of sp³-hybridized carbons (Fsp3) is 0.524. The van der Waals surface area contributed by atoms with Crippen molar-refractivity contribution in [3.05, 3.63) is 54.0 Å². The van der Waals surface area contributed by atoms with E-state index >= 15 is 0 Å². The van der Waals surface area contributed by atoms with Gasteiger partial charge in [0.05, 0.1) is 5.69 Å². The number of nitrogens with zero attached hydrogens (tertiary/aromatic N) is 3. The molecule has 1 fully saturated rings. The second kappa shape index (κ2) is 7.78. The normalized spacial score (nSPS) is 21.0. The van der Waals surface area contributed by atoms with E-state index in [2.05, 4.69) is 59.0 Å². The second-order valence-corrected chi connectivity index (χ2v) is 7.18. The van der Waals surface area contributed by atoms with Crippen molar-refractivity contribution in [1.82, 2.24) is 9.97 Å². The van der Waals surface area contributed by atoms with Crippen molar-refractivity contribution in [2.45, 2.75) is 52.4 Å². The third kappa shape index (κ3) is 3.95. The summed E-state index contributed by atoms with van der Waals surface area (Å²) in [7, 11) is 0. The van der Waals surface area contributed by atoms with Crippen LogP contribution in [-0.4, -0.2) is 23.1 Å². The van der Waals surface area contributed by atoms with Crippen LogP contribution in [0.3, 0.4) is 0 Å². The number of aryl methyl sites for hydroxylation is 2. The highest BCUT2D eigenvalue weighted by molar-refractivity contribution is 5.43. The van der Waals surface area contributed by atoms with Crippen molar-refractivity contribution in [2.75, 3.05) is 18.0 Å². The summed E-state index contributed by atoms with van der Waals surface area (Å²) < 4.78 is 0. The molecular weight excluding hydrogens is 294 g/mol. The molecular formula is C21H29N3. The molecule has 0 saturated carbocycles. The molecule has 1 aromatic carbocycles. The third-order valence-electron chi connectivity index (χ3n) is 5.58. The Morgan fingerprint density at radius 2 is 1.92 bits per heavy atom. The van der Waals surface area contributed by atoms with E-state index in [4.69, 9.17) is 0 Å². The van der Waals surface area contributed by atoms with E-state index in [-0.39, 0.29) is 0 Å². The molecule has 0 N–H and O–H groups in total. The smallest absolute Gasteiger partial charge is 0.150 e. The topological polar surface area (TPSA) is 29.0 Å². The van der Waals surface area contributed by atoms with Crippen LogP contribution in [-0.2, 0) is 6.42 Å². The third-order valence-corrected chi connectivity index (χ3v) is 5.58. The molecule has 0 aliphatic carbocycles. The zero-order valence-corrected chi connectivity index (χ0v) is 15.0. The monoisotopic (exact) mass is 323 g/mol. The van der Waals surface area contributed by atoms with Crippen molar-refractivity contribution >= 4 is 5.82 Å². The van der Waals surface area contributed by atoms with Crippen LogP contribution in [0.15, 0.2) is 42.7 Å². The molecule has 1 saturated heterocycles. The summed E-state index contributed by atoms with van der Waals surface area (Å²) >= 11 is 0. The van der Waals surface area contributed by atoms with Crippen LogP contribution in [0.2, 0.25) is 0 Å². The van der Waals surface area contributed by atoms with Gasteiger partial charge in [0.2, 0.25) is 0 Å². The van der Waals surface area contributed by atoms with Crippen molar-refractivity contribution in [3.63, 3.8) is 0 Å². The highest BCUT2D eigenvalue weighted by Gasteiger charge is 2.34. The van der Waals surface area contributed by atoms with Crippen molar-refractivity contribution in [1.29, 1.82) is 0 Å². The van der Waals surface area contributed by atoms with Gasteiger partial charge in [-0.1, -0.05) is 37.3 Å². The minimum Gasteiger partial charge on any atom is -0.355 e. The van der Waals surface area contributed by atoms with Gasteiger partial charge in [0.15, 0.2) is 0 Å². The summed E-state index contributed by atoms with van der Waals surface area (Å²) in [4.78, 5) is 11.5.